The number of likely N-dealkylation sites (tertiary alicyclic amines) is 1. The predicted molar refractivity (Wildman–Crippen MR) is 140 cm³/mol. The van der Waals surface area contributed by atoms with Crippen LogP contribution in [0.15, 0.2) is 59.1 Å². The number of nitrogens with zero attached hydrogens (tertiary/aromatic N) is 3. The summed E-state index contributed by atoms with van der Waals surface area (Å²) in [7, 11) is 1.60. The van der Waals surface area contributed by atoms with Crippen molar-refractivity contribution in [3.05, 3.63) is 77.2 Å². The van der Waals surface area contributed by atoms with Crippen molar-refractivity contribution in [2.24, 2.45) is 0 Å². The second-order valence-corrected chi connectivity index (χ2v) is 9.56. The number of hydrogen-bond acceptors (Lipinski definition) is 7. The Kier molecular flexibility index (Phi) is 7.69. The minimum Gasteiger partial charge on any atom is -0.489 e. The molecule has 5 rings (SSSR count). The first-order chi connectivity index (χ1) is 18.5. The Hall–Kier alpha value is -4.18. The van der Waals surface area contributed by atoms with Crippen molar-refractivity contribution in [3.8, 4) is 5.75 Å². The number of rotatable bonds is 8. The second kappa shape index (κ2) is 11.5. The number of carbonyl (C=O) groups excluding carboxylic acids is 3. The summed E-state index contributed by atoms with van der Waals surface area (Å²) in [5, 5.41) is 9.51. The molecule has 2 aromatic carbocycles. The third-order valence-corrected chi connectivity index (χ3v) is 6.85. The van der Waals surface area contributed by atoms with E-state index >= 15 is 0 Å². The Morgan fingerprint density at radius 1 is 1.05 bits per heavy atom. The van der Waals surface area contributed by atoms with Crippen LogP contribution in [-0.4, -0.2) is 73.7 Å². The summed E-state index contributed by atoms with van der Waals surface area (Å²) in [6.45, 7) is 3.46. The van der Waals surface area contributed by atoms with Crippen molar-refractivity contribution in [1.29, 1.82) is 0 Å². The molecule has 2 aliphatic rings. The van der Waals surface area contributed by atoms with Crippen LogP contribution in [0.3, 0.4) is 0 Å². The molecule has 0 aliphatic carbocycles. The van der Waals surface area contributed by atoms with Gasteiger partial charge in [-0.1, -0.05) is 35.5 Å². The first-order valence-corrected chi connectivity index (χ1v) is 12.8. The van der Waals surface area contributed by atoms with E-state index in [0.717, 1.165) is 25.2 Å². The topological polar surface area (TPSA) is 117 Å². The van der Waals surface area contributed by atoms with Gasteiger partial charge < -0.3 is 29.7 Å². The minimum atomic E-state index is -0.938. The summed E-state index contributed by atoms with van der Waals surface area (Å²) < 4.78 is 11.2. The first-order valence-electron chi connectivity index (χ1n) is 12.8. The van der Waals surface area contributed by atoms with Crippen LogP contribution in [0.25, 0.3) is 0 Å². The fourth-order valence-corrected chi connectivity index (χ4v) is 4.71. The highest BCUT2D eigenvalue weighted by molar-refractivity contribution is 6.04. The molecular weight excluding hydrogens is 486 g/mol. The number of anilines is 1. The molecule has 198 valence electrons. The van der Waals surface area contributed by atoms with Gasteiger partial charge in [0.25, 0.3) is 17.7 Å². The maximum absolute atomic E-state index is 13.2. The Bertz CT molecular complexity index is 1300. The molecule has 3 aromatic rings. The molecule has 0 radical (unpaired) electrons. The minimum absolute atomic E-state index is 0.0575. The highest BCUT2D eigenvalue weighted by atomic mass is 16.5. The van der Waals surface area contributed by atoms with Crippen molar-refractivity contribution < 1.29 is 23.6 Å². The van der Waals surface area contributed by atoms with Crippen LogP contribution in [0.5, 0.6) is 5.75 Å². The van der Waals surface area contributed by atoms with Gasteiger partial charge >= 0.3 is 0 Å². The highest BCUT2D eigenvalue weighted by Crippen LogP contribution is 2.31. The summed E-state index contributed by atoms with van der Waals surface area (Å²) in [4.78, 5) is 42.5. The molecule has 1 aromatic heterocycles. The smallest absolute Gasteiger partial charge is 0.274 e. The Morgan fingerprint density at radius 2 is 1.84 bits per heavy atom. The molecule has 0 bridgehead atoms. The molecule has 1 saturated heterocycles. The average molecular weight is 518 g/mol. The zero-order chi connectivity index (χ0) is 26.5. The summed E-state index contributed by atoms with van der Waals surface area (Å²) in [5.41, 5.74) is 2.01. The number of nitrogens with one attached hydrogen (secondary N) is 2. The third kappa shape index (κ3) is 5.86. The lowest BCUT2D eigenvalue weighted by Gasteiger charge is -2.20. The van der Waals surface area contributed by atoms with Crippen LogP contribution < -0.4 is 20.3 Å². The number of benzene rings is 2. The SMILES string of the molecule is CN1C(=O)[C@@H](NC(=O)c2cc(Cc3ccccc3)on2)COc2ccc(C(=O)NCCN3CCCC3)cc21. The van der Waals surface area contributed by atoms with Crippen molar-refractivity contribution in [2.45, 2.75) is 25.3 Å². The van der Waals surface area contributed by atoms with Crippen molar-refractivity contribution in [2.75, 3.05) is 44.7 Å². The molecule has 2 aliphatic heterocycles. The lowest BCUT2D eigenvalue weighted by atomic mass is 10.1. The normalized spacial score (nSPS) is 17.4. The molecular formula is C28H31N5O5. The van der Waals surface area contributed by atoms with Gasteiger partial charge in [-0.25, -0.2) is 0 Å². The lowest BCUT2D eigenvalue weighted by Crippen LogP contribution is -2.49. The molecule has 1 atom stereocenters. The fourth-order valence-electron chi connectivity index (χ4n) is 4.71. The standard InChI is InChI=1S/C28H31N5O5/c1-32-24-16-20(26(34)29-11-14-33-12-5-6-13-33)9-10-25(24)37-18-23(28(32)36)30-27(35)22-17-21(38-31-22)15-19-7-3-2-4-8-19/h2-4,7-10,16-17,23H,5-6,11-15,18H2,1H3,(H,29,34)(H,30,35)/t23-/m0/s1. The molecule has 0 saturated carbocycles. The Balaban J connectivity index is 1.20. The van der Waals surface area contributed by atoms with Gasteiger partial charge in [0.05, 0.1) is 5.69 Å². The fraction of sp³-hybridized carbons (Fsp3) is 0.357. The van der Waals surface area contributed by atoms with E-state index in [0.29, 0.717) is 35.7 Å². The number of likely N-dealkylation sites (N-methyl/N-ethyl adjacent to an activating group) is 1. The van der Waals surface area contributed by atoms with Crippen molar-refractivity contribution in [3.63, 3.8) is 0 Å². The summed E-state index contributed by atoms with van der Waals surface area (Å²) >= 11 is 0. The molecule has 1 fully saturated rings. The molecule has 0 unspecified atom stereocenters. The number of aromatic nitrogens is 1. The van der Waals surface area contributed by atoms with Crippen LogP contribution in [-0.2, 0) is 11.2 Å². The van der Waals surface area contributed by atoms with Gasteiger partial charge in [0.15, 0.2) is 5.69 Å². The molecule has 0 spiro atoms. The van der Waals surface area contributed by atoms with E-state index in [-0.39, 0.29) is 24.1 Å². The zero-order valence-corrected chi connectivity index (χ0v) is 21.3. The predicted octanol–water partition coefficient (Wildman–Crippen LogP) is 2.24. The average Bonchev–Trinajstić information content (AvgIpc) is 3.61. The first kappa shape index (κ1) is 25.5. The summed E-state index contributed by atoms with van der Waals surface area (Å²) in [5.74, 6) is -0.109. The number of ether oxygens (including phenoxy) is 1. The number of fused-ring (bicyclic) bond motifs is 1. The Labute approximate surface area is 220 Å². The van der Waals surface area contributed by atoms with E-state index in [9.17, 15) is 14.4 Å². The molecule has 10 nitrogen and oxygen atoms in total. The van der Waals surface area contributed by atoms with E-state index in [2.05, 4.69) is 20.7 Å². The number of amides is 3. The van der Waals surface area contributed by atoms with E-state index in [4.69, 9.17) is 9.26 Å². The van der Waals surface area contributed by atoms with Gasteiger partial charge in [-0.05, 0) is 49.7 Å². The van der Waals surface area contributed by atoms with E-state index < -0.39 is 11.9 Å². The van der Waals surface area contributed by atoms with Gasteiger partial charge in [-0.3, -0.25) is 14.4 Å². The Morgan fingerprint density at radius 3 is 2.63 bits per heavy atom. The third-order valence-electron chi connectivity index (χ3n) is 6.85. The molecule has 3 amide bonds. The van der Waals surface area contributed by atoms with E-state index in [1.165, 1.54) is 17.7 Å². The van der Waals surface area contributed by atoms with Crippen LogP contribution in [0.2, 0.25) is 0 Å². The zero-order valence-electron chi connectivity index (χ0n) is 21.3. The number of carbonyl (C=O) groups is 3. The van der Waals surface area contributed by atoms with Crippen molar-refractivity contribution in [1.82, 2.24) is 20.7 Å². The highest BCUT2D eigenvalue weighted by Gasteiger charge is 2.32. The van der Waals surface area contributed by atoms with Gasteiger partial charge in [0.1, 0.15) is 24.2 Å². The van der Waals surface area contributed by atoms with Gasteiger partial charge in [0.2, 0.25) is 0 Å². The maximum atomic E-state index is 13.2. The van der Waals surface area contributed by atoms with Gasteiger partial charge in [-0.2, -0.15) is 0 Å². The number of hydrogen-bond donors (Lipinski definition) is 2. The maximum Gasteiger partial charge on any atom is 0.274 e. The van der Waals surface area contributed by atoms with E-state index in [1.54, 1.807) is 31.3 Å². The van der Waals surface area contributed by atoms with Crippen LogP contribution in [0.1, 0.15) is 45.0 Å². The summed E-state index contributed by atoms with van der Waals surface area (Å²) in [6, 6.07) is 15.3. The molecule has 2 N–H and O–H groups in total. The van der Waals surface area contributed by atoms with Crippen LogP contribution in [0.4, 0.5) is 5.69 Å². The van der Waals surface area contributed by atoms with Gasteiger partial charge in [-0.15, -0.1) is 0 Å². The monoisotopic (exact) mass is 517 g/mol. The molecule has 3 heterocycles. The van der Waals surface area contributed by atoms with E-state index in [1.807, 2.05) is 30.3 Å². The summed E-state index contributed by atoms with van der Waals surface area (Å²) in [6.07, 6.45) is 2.90. The molecule has 10 heteroatoms. The van der Waals surface area contributed by atoms with Crippen LogP contribution >= 0.6 is 0 Å². The lowest BCUT2D eigenvalue weighted by molar-refractivity contribution is -0.120. The largest absolute Gasteiger partial charge is 0.489 e. The van der Waals surface area contributed by atoms with Crippen LogP contribution in [0, 0.1) is 0 Å². The second-order valence-electron chi connectivity index (χ2n) is 9.56. The van der Waals surface area contributed by atoms with Gasteiger partial charge in [0, 0.05) is 38.2 Å². The van der Waals surface area contributed by atoms with Crippen molar-refractivity contribution >= 4 is 23.4 Å². The molecule has 38 heavy (non-hydrogen) atoms. The quantitative estimate of drug-likeness (QED) is 0.471.